The monoisotopic (exact) mass is 1490 g/mol. The van der Waals surface area contributed by atoms with E-state index in [1.807, 2.05) is 0 Å². The minimum atomic E-state index is -4.96. The Balaban J connectivity index is 5.26. The summed E-state index contributed by atoms with van der Waals surface area (Å²) in [5.74, 6) is 0.271. The molecule has 0 aliphatic carbocycles. The highest BCUT2D eigenvalue weighted by Gasteiger charge is 2.30. The van der Waals surface area contributed by atoms with Gasteiger partial charge in [0.15, 0.2) is 12.2 Å². The highest BCUT2D eigenvalue weighted by Crippen LogP contribution is 2.45. The fourth-order valence-electron chi connectivity index (χ4n) is 12.8. The van der Waals surface area contributed by atoms with Crippen LogP contribution in [0.25, 0.3) is 0 Å². The van der Waals surface area contributed by atoms with Gasteiger partial charge in [-0.3, -0.25) is 37.3 Å². The molecule has 102 heavy (non-hydrogen) atoms. The van der Waals surface area contributed by atoms with Gasteiger partial charge < -0.3 is 33.8 Å². The third-order valence-corrected chi connectivity index (χ3v) is 22.0. The Hall–Kier alpha value is -1.94. The summed E-state index contributed by atoms with van der Waals surface area (Å²) < 4.78 is 68.8. The summed E-state index contributed by atoms with van der Waals surface area (Å²) in [7, 11) is -9.93. The number of aliphatic hydroxyl groups is 1. The molecule has 0 aliphatic heterocycles. The van der Waals surface area contributed by atoms with E-state index in [1.165, 1.54) is 244 Å². The van der Waals surface area contributed by atoms with Gasteiger partial charge in [-0.1, -0.05) is 382 Å². The predicted molar refractivity (Wildman–Crippen MR) is 418 cm³/mol. The molecule has 0 aliphatic rings. The molecule has 7 atom stereocenters. The molecule has 0 rings (SSSR count). The van der Waals surface area contributed by atoms with Crippen molar-refractivity contribution >= 4 is 39.5 Å². The maximum Gasteiger partial charge on any atom is 0.472 e. The number of esters is 4. The summed E-state index contributed by atoms with van der Waals surface area (Å²) in [4.78, 5) is 73.1. The number of carbonyl (C=O) groups excluding carboxylic acids is 4. The van der Waals surface area contributed by atoms with E-state index in [1.54, 1.807) is 0 Å². The number of phosphoric acid groups is 2. The fraction of sp³-hybridized carbons (Fsp3) is 0.952. The van der Waals surface area contributed by atoms with Gasteiger partial charge in [0.1, 0.15) is 19.3 Å². The SMILES string of the molecule is CCCCCCCCCCCCCCCCCCCCCC(=O)O[C@H](COC(=O)CCCCCCCCCCCCCCCCC(C)CC)COP(=O)(O)OC[C@@H](O)COP(=O)(O)OC[C@@H](COC(=O)CCCCCCCCCCC(C)CC)OC(=O)CCCCCCCCCCCCC(C)C. The molecule has 0 saturated carbocycles. The molecule has 0 bridgehead atoms. The van der Waals surface area contributed by atoms with Crippen LogP contribution in [0.2, 0.25) is 0 Å². The van der Waals surface area contributed by atoms with Gasteiger partial charge in [0.05, 0.1) is 26.4 Å². The molecule has 0 aromatic heterocycles. The number of hydrogen-bond acceptors (Lipinski definition) is 15. The Labute approximate surface area is 626 Å². The van der Waals surface area contributed by atoms with E-state index in [-0.39, 0.29) is 25.7 Å². The zero-order valence-electron chi connectivity index (χ0n) is 67.1. The summed E-state index contributed by atoms with van der Waals surface area (Å²) in [6.07, 6.45) is 62.3. The Morgan fingerprint density at radius 2 is 0.500 bits per heavy atom. The smallest absolute Gasteiger partial charge is 0.462 e. The number of aliphatic hydroxyl groups excluding tert-OH is 1. The second kappa shape index (κ2) is 73.2. The van der Waals surface area contributed by atoms with Crippen molar-refractivity contribution in [3.63, 3.8) is 0 Å². The molecule has 0 radical (unpaired) electrons. The van der Waals surface area contributed by atoms with E-state index in [0.717, 1.165) is 108 Å². The van der Waals surface area contributed by atoms with Crippen LogP contribution in [0.4, 0.5) is 0 Å². The Kier molecular flexibility index (Phi) is 71.8. The molecule has 0 saturated heterocycles. The third-order valence-electron chi connectivity index (χ3n) is 20.1. The molecule has 17 nitrogen and oxygen atoms in total. The number of carbonyl (C=O) groups is 4. The summed E-state index contributed by atoms with van der Waals surface area (Å²) in [5, 5.41) is 10.7. The lowest BCUT2D eigenvalue weighted by molar-refractivity contribution is -0.161. The molecule has 0 amide bonds. The number of hydrogen-bond donors (Lipinski definition) is 3. The van der Waals surface area contributed by atoms with E-state index in [0.29, 0.717) is 25.7 Å². The van der Waals surface area contributed by atoms with Crippen LogP contribution in [-0.2, 0) is 65.4 Å². The minimum Gasteiger partial charge on any atom is -0.462 e. The highest BCUT2D eigenvalue weighted by molar-refractivity contribution is 7.47. The van der Waals surface area contributed by atoms with E-state index in [9.17, 15) is 43.2 Å². The van der Waals surface area contributed by atoms with Gasteiger partial charge in [-0.25, -0.2) is 9.13 Å². The normalized spacial score (nSPS) is 14.5. The van der Waals surface area contributed by atoms with Crippen molar-refractivity contribution < 1.29 is 80.2 Å². The zero-order chi connectivity index (χ0) is 75.1. The minimum absolute atomic E-state index is 0.106. The van der Waals surface area contributed by atoms with Crippen LogP contribution in [0.5, 0.6) is 0 Å². The van der Waals surface area contributed by atoms with Crippen LogP contribution >= 0.6 is 15.6 Å². The molecule has 0 heterocycles. The van der Waals surface area contributed by atoms with Crippen molar-refractivity contribution in [2.45, 2.75) is 452 Å². The van der Waals surface area contributed by atoms with Gasteiger partial charge in [-0.05, 0) is 43.4 Å². The summed E-state index contributed by atoms with van der Waals surface area (Å²) in [5.41, 5.74) is 0. The topological polar surface area (TPSA) is 237 Å². The maximum atomic E-state index is 13.1. The van der Waals surface area contributed by atoms with E-state index in [2.05, 4.69) is 48.5 Å². The fourth-order valence-corrected chi connectivity index (χ4v) is 14.4. The number of ether oxygens (including phenoxy) is 4. The molecular formula is C83H162O17P2. The quantitative estimate of drug-likeness (QED) is 0.0222. The Morgan fingerprint density at radius 1 is 0.284 bits per heavy atom. The first kappa shape index (κ1) is 100. The van der Waals surface area contributed by atoms with Gasteiger partial charge in [-0.15, -0.1) is 0 Å². The van der Waals surface area contributed by atoms with E-state index >= 15 is 0 Å². The van der Waals surface area contributed by atoms with Gasteiger partial charge >= 0.3 is 39.5 Å². The van der Waals surface area contributed by atoms with Crippen LogP contribution in [0, 0.1) is 17.8 Å². The van der Waals surface area contributed by atoms with Crippen LogP contribution < -0.4 is 0 Å². The Morgan fingerprint density at radius 3 is 0.745 bits per heavy atom. The first-order chi connectivity index (χ1) is 49.3. The lowest BCUT2D eigenvalue weighted by Crippen LogP contribution is -2.30. The molecule has 0 spiro atoms. The third kappa shape index (κ3) is 73.6. The largest absolute Gasteiger partial charge is 0.472 e. The van der Waals surface area contributed by atoms with Crippen molar-refractivity contribution in [1.29, 1.82) is 0 Å². The van der Waals surface area contributed by atoms with Crippen LogP contribution in [0.3, 0.4) is 0 Å². The Bertz CT molecular complexity index is 1980. The van der Waals surface area contributed by atoms with Gasteiger partial charge in [0, 0.05) is 25.7 Å². The van der Waals surface area contributed by atoms with Gasteiger partial charge in [0.25, 0.3) is 0 Å². The van der Waals surface area contributed by atoms with Crippen molar-refractivity contribution in [2.75, 3.05) is 39.6 Å². The molecule has 19 heteroatoms. The van der Waals surface area contributed by atoms with Crippen molar-refractivity contribution in [3.8, 4) is 0 Å². The van der Waals surface area contributed by atoms with Crippen LogP contribution in [-0.4, -0.2) is 96.7 Å². The van der Waals surface area contributed by atoms with Crippen LogP contribution in [0.1, 0.15) is 434 Å². The summed E-state index contributed by atoms with van der Waals surface area (Å²) in [6.45, 7) is 12.0. The zero-order valence-corrected chi connectivity index (χ0v) is 68.9. The van der Waals surface area contributed by atoms with Gasteiger partial charge in [-0.2, -0.15) is 0 Å². The van der Waals surface area contributed by atoms with E-state index in [4.69, 9.17) is 37.0 Å². The molecule has 4 unspecified atom stereocenters. The molecule has 0 aromatic rings. The maximum absolute atomic E-state index is 13.1. The van der Waals surface area contributed by atoms with Crippen molar-refractivity contribution in [3.05, 3.63) is 0 Å². The average Bonchev–Trinajstić information content (AvgIpc) is 1.06. The average molecular weight is 1490 g/mol. The standard InChI is InChI=1S/C83H162O17P2/c1-8-11-12-13-14-15-16-17-18-19-20-21-22-27-30-36-45-52-59-66-82(87)99-78(70-93-80(85)64-57-50-43-35-29-26-24-23-25-28-34-41-48-55-62-75(6)9-2)72-97-101(89,90)95-68-77(84)69-96-102(91,92)98-73-79(71-94-81(86)65-58-51-44-39-38-42-49-56-63-76(7)10-3)100-83(88)67-60-53-46-37-32-31-33-40-47-54-61-74(4)5/h74-79,84H,8-73H2,1-7H3,(H,89,90)(H,91,92)/t75?,76?,77-,78-,79-/m1/s1. The summed E-state index contributed by atoms with van der Waals surface area (Å²) in [6, 6.07) is 0. The second-order valence-corrected chi connectivity index (χ2v) is 33.7. The summed E-state index contributed by atoms with van der Waals surface area (Å²) >= 11 is 0. The molecule has 0 aromatic carbocycles. The van der Waals surface area contributed by atoms with Crippen molar-refractivity contribution in [1.82, 2.24) is 0 Å². The van der Waals surface area contributed by atoms with E-state index < -0.39 is 97.5 Å². The highest BCUT2D eigenvalue weighted by atomic mass is 31.2. The second-order valence-electron chi connectivity index (χ2n) is 30.8. The predicted octanol–water partition coefficient (Wildman–Crippen LogP) is 24.9. The number of unbranched alkanes of at least 4 members (excludes halogenated alkanes) is 47. The van der Waals surface area contributed by atoms with Crippen molar-refractivity contribution in [2.24, 2.45) is 17.8 Å². The first-order valence-corrected chi connectivity index (χ1v) is 45.9. The van der Waals surface area contributed by atoms with Gasteiger partial charge in [0.2, 0.25) is 0 Å². The molecule has 0 fully saturated rings. The molecular weight excluding hydrogens is 1330 g/mol. The first-order valence-electron chi connectivity index (χ1n) is 42.9. The lowest BCUT2D eigenvalue weighted by atomic mass is 9.99. The molecule has 3 N–H and O–H groups in total. The number of rotatable bonds is 81. The number of phosphoric ester groups is 2. The lowest BCUT2D eigenvalue weighted by Gasteiger charge is -2.21. The molecule has 606 valence electrons. The van der Waals surface area contributed by atoms with Crippen LogP contribution in [0.15, 0.2) is 0 Å².